The molecule has 2 aromatic heterocycles. The molecule has 0 aromatic carbocycles. The van der Waals surface area contributed by atoms with E-state index < -0.39 is 28.9 Å². The van der Waals surface area contributed by atoms with E-state index in [2.05, 4.69) is 15.5 Å². The number of rotatable bonds is 4. The number of hydrogen-bond acceptors (Lipinski definition) is 5. The minimum atomic E-state index is -4.63. The number of H-pyrrole nitrogens is 1. The van der Waals surface area contributed by atoms with Gasteiger partial charge in [-0.05, 0) is 6.07 Å². The van der Waals surface area contributed by atoms with E-state index in [-0.39, 0.29) is 24.1 Å². The van der Waals surface area contributed by atoms with Crippen LogP contribution in [-0.2, 0) is 22.8 Å². The van der Waals surface area contributed by atoms with Gasteiger partial charge in [0.25, 0.3) is 5.56 Å². The first-order valence-corrected chi connectivity index (χ1v) is 7.39. The number of nitrogens with zero attached hydrogens (tertiary/aromatic N) is 2. The van der Waals surface area contributed by atoms with Crippen LogP contribution in [0.25, 0.3) is 0 Å². The van der Waals surface area contributed by atoms with Gasteiger partial charge in [0.05, 0.1) is 5.56 Å². The lowest BCUT2D eigenvalue weighted by atomic mass is 9.96. The van der Waals surface area contributed by atoms with E-state index in [9.17, 15) is 22.8 Å². The smallest absolute Gasteiger partial charge is 0.339 e. The number of nitrogens with one attached hydrogen (secondary N) is 2. The monoisotopic (exact) mass is 358 g/mol. The summed E-state index contributed by atoms with van der Waals surface area (Å²) in [4.78, 5) is 29.5. The fourth-order valence-electron chi connectivity index (χ4n) is 1.83. The van der Waals surface area contributed by atoms with Gasteiger partial charge in [0.1, 0.15) is 5.69 Å². The van der Waals surface area contributed by atoms with E-state index in [0.29, 0.717) is 18.1 Å². The van der Waals surface area contributed by atoms with E-state index in [1.807, 2.05) is 25.8 Å². The maximum atomic E-state index is 12.6. The Morgan fingerprint density at radius 3 is 2.56 bits per heavy atom. The van der Waals surface area contributed by atoms with Crippen LogP contribution in [0.2, 0.25) is 0 Å². The van der Waals surface area contributed by atoms with Gasteiger partial charge >= 0.3 is 6.18 Å². The molecule has 0 aliphatic carbocycles. The van der Waals surface area contributed by atoms with Crippen molar-refractivity contribution in [2.45, 2.75) is 45.2 Å². The maximum absolute atomic E-state index is 12.6. The van der Waals surface area contributed by atoms with Crippen molar-refractivity contribution in [1.29, 1.82) is 0 Å². The molecule has 25 heavy (non-hydrogen) atoms. The average Bonchev–Trinajstić information content (AvgIpc) is 2.95. The molecule has 0 atom stereocenters. The van der Waals surface area contributed by atoms with E-state index >= 15 is 0 Å². The summed E-state index contributed by atoms with van der Waals surface area (Å²) in [5.41, 5.74) is -2.67. The van der Waals surface area contributed by atoms with Gasteiger partial charge in [-0.2, -0.15) is 18.2 Å². The second-order valence-electron chi connectivity index (χ2n) is 6.44. The highest BCUT2D eigenvalue weighted by Gasteiger charge is 2.31. The third-order valence-electron chi connectivity index (χ3n) is 3.21. The number of hydrogen-bond donors (Lipinski definition) is 2. The molecule has 136 valence electrons. The lowest BCUT2D eigenvalue weighted by Gasteiger charge is -2.10. The van der Waals surface area contributed by atoms with Crippen LogP contribution >= 0.6 is 0 Å². The predicted octanol–water partition coefficient (Wildman–Crippen LogP) is 2.65. The van der Waals surface area contributed by atoms with E-state index in [1.54, 1.807) is 0 Å². The zero-order valence-corrected chi connectivity index (χ0v) is 13.8. The number of carbonyl (C=O) groups excluding carboxylic acids is 1. The Balaban J connectivity index is 2.01. The number of amides is 1. The minimum absolute atomic E-state index is 0.103. The molecular weight excluding hydrogens is 341 g/mol. The number of halogens is 3. The van der Waals surface area contributed by atoms with Crippen LogP contribution in [0.5, 0.6) is 0 Å². The van der Waals surface area contributed by atoms with E-state index in [0.717, 1.165) is 0 Å². The molecule has 0 saturated heterocycles. The number of pyridine rings is 1. The zero-order chi connectivity index (χ0) is 18.8. The van der Waals surface area contributed by atoms with Crippen molar-refractivity contribution in [1.82, 2.24) is 15.1 Å². The van der Waals surface area contributed by atoms with Crippen molar-refractivity contribution in [3.63, 3.8) is 0 Å². The third-order valence-corrected chi connectivity index (χ3v) is 3.21. The highest BCUT2D eigenvalue weighted by Crippen LogP contribution is 2.29. The van der Waals surface area contributed by atoms with Crippen LogP contribution in [0.3, 0.4) is 0 Å². The molecular formula is C15H17F3N4O3. The Morgan fingerprint density at radius 1 is 1.32 bits per heavy atom. The molecule has 0 aliphatic heterocycles. The second kappa shape index (κ2) is 6.69. The third kappa shape index (κ3) is 4.91. The first kappa shape index (κ1) is 18.7. The number of aryl methyl sites for hydroxylation is 1. The van der Waals surface area contributed by atoms with Gasteiger partial charge < -0.3 is 14.8 Å². The molecule has 0 aliphatic rings. The summed E-state index contributed by atoms with van der Waals surface area (Å²) < 4.78 is 42.9. The molecule has 0 spiro atoms. The number of aromatic amines is 1. The summed E-state index contributed by atoms with van der Waals surface area (Å²) in [6, 6.07) is 0.584. The van der Waals surface area contributed by atoms with Crippen LogP contribution in [0.15, 0.2) is 21.6 Å². The highest BCUT2D eigenvalue weighted by molar-refractivity contribution is 5.90. The quantitative estimate of drug-likeness (QED) is 0.875. The Morgan fingerprint density at radius 2 is 2.00 bits per heavy atom. The molecule has 0 unspecified atom stereocenters. The largest absolute Gasteiger partial charge is 0.417 e. The van der Waals surface area contributed by atoms with Crippen molar-refractivity contribution in [2.75, 3.05) is 5.32 Å². The molecule has 0 radical (unpaired) electrons. The van der Waals surface area contributed by atoms with Gasteiger partial charge in [0, 0.05) is 24.5 Å². The van der Waals surface area contributed by atoms with Crippen LogP contribution in [-0.4, -0.2) is 21.0 Å². The molecule has 0 bridgehead atoms. The summed E-state index contributed by atoms with van der Waals surface area (Å²) in [5.74, 6) is 0.0793. The van der Waals surface area contributed by atoms with Crippen molar-refractivity contribution >= 4 is 11.6 Å². The van der Waals surface area contributed by atoms with Gasteiger partial charge in [-0.1, -0.05) is 25.9 Å². The summed E-state index contributed by atoms with van der Waals surface area (Å²) in [7, 11) is 0. The molecule has 2 aromatic rings. The lowest BCUT2D eigenvalue weighted by molar-refractivity contribution is -0.137. The summed E-state index contributed by atoms with van der Waals surface area (Å²) in [5, 5.41) is 5.96. The average molecular weight is 358 g/mol. The van der Waals surface area contributed by atoms with Crippen molar-refractivity contribution in [3.8, 4) is 0 Å². The Kier molecular flexibility index (Phi) is 5.00. The molecule has 2 rings (SSSR count). The van der Waals surface area contributed by atoms with Gasteiger partial charge in [-0.15, -0.1) is 0 Å². The number of carbonyl (C=O) groups is 1. The second-order valence-corrected chi connectivity index (χ2v) is 6.44. The fourth-order valence-corrected chi connectivity index (χ4v) is 1.83. The maximum Gasteiger partial charge on any atom is 0.417 e. The van der Waals surface area contributed by atoms with Crippen molar-refractivity contribution in [3.05, 3.63) is 39.9 Å². The first-order valence-electron chi connectivity index (χ1n) is 7.39. The SMILES string of the molecule is CC(C)(C)c1noc(CCC(=O)Nc2cc(C(F)(F)F)c[nH]c2=O)n1. The Hall–Kier alpha value is -2.65. The molecule has 2 heterocycles. The zero-order valence-electron chi connectivity index (χ0n) is 13.8. The first-order chi connectivity index (χ1) is 11.5. The Bertz CT molecular complexity index is 818. The summed E-state index contributed by atoms with van der Waals surface area (Å²) >= 11 is 0. The molecule has 0 fully saturated rings. The standard InChI is InChI=1S/C15H17F3N4O3/c1-14(2,3)13-21-11(25-22-13)5-4-10(23)20-9-6-8(15(16,17)18)7-19-12(9)24/h6-7H,4-5H2,1-3H3,(H,19,24)(H,20,23). The van der Waals surface area contributed by atoms with Gasteiger partial charge in [0.15, 0.2) is 5.82 Å². The number of aromatic nitrogens is 3. The van der Waals surface area contributed by atoms with Gasteiger partial charge in [-0.3, -0.25) is 9.59 Å². The fraction of sp³-hybridized carbons (Fsp3) is 0.467. The summed E-state index contributed by atoms with van der Waals surface area (Å²) in [6.45, 7) is 5.69. The number of anilines is 1. The van der Waals surface area contributed by atoms with Crippen molar-refractivity contribution < 1.29 is 22.5 Å². The lowest BCUT2D eigenvalue weighted by Crippen LogP contribution is -2.21. The van der Waals surface area contributed by atoms with Gasteiger partial charge in [-0.25, -0.2) is 0 Å². The molecule has 7 nitrogen and oxygen atoms in total. The molecule has 2 N–H and O–H groups in total. The van der Waals surface area contributed by atoms with E-state index in [1.165, 1.54) is 0 Å². The van der Waals surface area contributed by atoms with Crippen LogP contribution < -0.4 is 10.9 Å². The van der Waals surface area contributed by atoms with Crippen LogP contribution in [0.1, 0.15) is 44.5 Å². The predicted molar refractivity (Wildman–Crippen MR) is 82.0 cm³/mol. The Labute approximate surface area is 140 Å². The van der Waals surface area contributed by atoms with Crippen LogP contribution in [0.4, 0.5) is 18.9 Å². The topological polar surface area (TPSA) is 101 Å². The normalized spacial score (nSPS) is 12.2. The van der Waals surface area contributed by atoms with E-state index in [4.69, 9.17) is 4.52 Å². The summed E-state index contributed by atoms with van der Waals surface area (Å²) in [6.07, 6.45) is -4.10. The highest BCUT2D eigenvalue weighted by atomic mass is 19.4. The molecule has 10 heteroatoms. The van der Waals surface area contributed by atoms with Gasteiger partial charge in [0.2, 0.25) is 11.8 Å². The van der Waals surface area contributed by atoms with Crippen molar-refractivity contribution in [2.24, 2.45) is 0 Å². The van der Waals surface area contributed by atoms with Crippen LogP contribution in [0, 0.1) is 0 Å². The minimum Gasteiger partial charge on any atom is -0.339 e. The molecule has 0 saturated carbocycles. The number of alkyl halides is 3. The molecule has 1 amide bonds.